The van der Waals surface area contributed by atoms with E-state index in [1.807, 2.05) is 0 Å². The zero-order valence-electron chi connectivity index (χ0n) is 6.34. The van der Waals surface area contributed by atoms with E-state index in [0.717, 1.165) is 9.32 Å². The Kier molecular flexibility index (Phi) is 3.23. The van der Waals surface area contributed by atoms with E-state index < -0.39 is 0 Å². The van der Waals surface area contributed by atoms with Gasteiger partial charge in [-0.2, -0.15) is 5.26 Å². The minimum absolute atomic E-state index is 0.573. The maximum absolute atomic E-state index is 8.66. The summed E-state index contributed by atoms with van der Waals surface area (Å²) in [6.45, 7) is 0. The average Bonchev–Trinajstić information content (AvgIpc) is 2.08. The summed E-state index contributed by atoms with van der Waals surface area (Å²) < 4.78 is 5.98. The van der Waals surface area contributed by atoms with E-state index >= 15 is 0 Å². The first-order valence-electron chi connectivity index (χ1n) is 3.15. The Morgan fingerprint density at radius 3 is 2.75 bits per heavy atom. The van der Waals surface area contributed by atoms with Crippen LogP contribution in [0.5, 0.6) is 5.75 Å². The largest absolute Gasteiger partial charge is 0.496 e. The number of thiol groups is 1. The maximum atomic E-state index is 8.66. The van der Waals surface area contributed by atoms with Crippen molar-refractivity contribution in [3.63, 3.8) is 0 Å². The molecule has 0 aliphatic carbocycles. The number of halogens is 1. The molecule has 0 saturated carbocycles. The van der Waals surface area contributed by atoms with E-state index in [1.165, 1.54) is 0 Å². The number of rotatable bonds is 1. The van der Waals surface area contributed by atoms with E-state index in [0.29, 0.717) is 10.5 Å². The van der Waals surface area contributed by atoms with Crippen molar-refractivity contribution >= 4 is 35.2 Å². The van der Waals surface area contributed by atoms with Crippen molar-refractivity contribution in [3.05, 3.63) is 21.3 Å². The molecular formula is C8H6INOS. The fraction of sp³-hybridized carbons (Fsp3) is 0.125. The summed E-state index contributed by atoms with van der Waals surface area (Å²) in [4.78, 5) is 0.648. The van der Waals surface area contributed by atoms with Gasteiger partial charge >= 0.3 is 0 Å². The van der Waals surface area contributed by atoms with Gasteiger partial charge < -0.3 is 4.74 Å². The molecule has 4 heteroatoms. The van der Waals surface area contributed by atoms with Gasteiger partial charge in [0, 0.05) is 4.90 Å². The number of hydrogen-bond donors (Lipinski definition) is 1. The molecule has 0 radical (unpaired) electrons. The number of nitrogens with zero attached hydrogens (tertiary/aromatic N) is 1. The van der Waals surface area contributed by atoms with Gasteiger partial charge in [0.25, 0.3) is 0 Å². The average molecular weight is 291 g/mol. The van der Waals surface area contributed by atoms with Gasteiger partial charge in [0.05, 0.1) is 16.2 Å². The highest BCUT2D eigenvalue weighted by atomic mass is 127. The van der Waals surface area contributed by atoms with E-state index in [-0.39, 0.29) is 0 Å². The first-order valence-corrected chi connectivity index (χ1v) is 4.68. The third kappa shape index (κ3) is 1.84. The molecule has 62 valence electrons. The van der Waals surface area contributed by atoms with Crippen LogP contribution in [0.15, 0.2) is 17.0 Å². The molecule has 0 N–H and O–H groups in total. The maximum Gasteiger partial charge on any atom is 0.133 e. The van der Waals surface area contributed by atoms with Crippen LogP contribution >= 0.6 is 35.2 Å². The standard InChI is InChI=1S/C8H6INOS/c1-11-7-3-8(12)5(4-10)2-6(7)9/h2-3,12H,1H3. The lowest BCUT2D eigenvalue weighted by molar-refractivity contribution is 0.410. The minimum atomic E-state index is 0.573. The van der Waals surface area contributed by atoms with Crippen LogP contribution in [0.2, 0.25) is 0 Å². The van der Waals surface area contributed by atoms with Crippen LogP contribution in [-0.4, -0.2) is 7.11 Å². The molecule has 0 fully saturated rings. The van der Waals surface area contributed by atoms with E-state index in [4.69, 9.17) is 10.00 Å². The predicted molar refractivity (Wildman–Crippen MR) is 57.7 cm³/mol. The third-order valence-electron chi connectivity index (χ3n) is 1.39. The number of ether oxygens (including phenoxy) is 1. The van der Waals surface area contributed by atoms with Crippen molar-refractivity contribution in [3.8, 4) is 11.8 Å². The van der Waals surface area contributed by atoms with Gasteiger partial charge in [0.15, 0.2) is 0 Å². The van der Waals surface area contributed by atoms with Gasteiger partial charge in [-0.15, -0.1) is 12.6 Å². The summed E-state index contributed by atoms with van der Waals surface area (Å²) in [7, 11) is 1.59. The van der Waals surface area contributed by atoms with Gasteiger partial charge in [0.2, 0.25) is 0 Å². The molecule has 0 spiro atoms. The lowest BCUT2D eigenvalue weighted by Gasteiger charge is -2.04. The molecule has 1 rings (SSSR count). The number of hydrogen-bond acceptors (Lipinski definition) is 3. The van der Waals surface area contributed by atoms with Crippen molar-refractivity contribution < 1.29 is 4.74 Å². The molecular weight excluding hydrogens is 285 g/mol. The third-order valence-corrected chi connectivity index (χ3v) is 2.60. The van der Waals surface area contributed by atoms with Crippen molar-refractivity contribution in [1.29, 1.82) is 5.26 Å². The van der Waals surface area contributed by atoms with Crippen LogP contribution in [0.3, 0.4) is 0 Å². The summed E-state index contributed by atoms with van der Waals surface area (Å²) >= 11 is 6.26. The highest BCUT2D eigenvalue weighted by molar-refractivity contribution is 14.1. The van der Waals surface area contributed by atoms with Crippen LogP contribution < -0.4 is 4.74 Å². The summed E-state index contributed by atoms with van der Waals surface area (Å²) in [5, 5.41) is 8.66. The molecule has 0 amide bonds. The van der Waals surface area contributed by atoms with Crippen LogP contribution in [0, 0.1) is 14.9 Å². The van der Waals surface area contributed by atoms with Crippen LogP contribution in [0.25, 0.3) is 0 Å². The smallest absolute Gasteiger partial charge is 0.133 e. The second kappa shape index (κ2) is 4.01. The fourth-order valence-electron chi connectivity index (χ4n) is 0.789. The molecule has 0 saturated heterocycles. The van der Waals surface area contributed by atoms with Gasteiger partial charge in [-0.25, -0.2) is 0 Å². The first kappa shape index (κ1) is 9.68. The Bertz CT molecular complexity index is 345. The van der Waals surface area contributed by atoms with Crippen LogP contribution in [-0.2, 0) is 0 Å². The van der Waals surface area contributed by atoms with Crippen molar-refractivity contribution in [2.45, 2.75) is 4.90 Å². The van der Waals surface area contributed by atoms with Gasteiger partial charge in [-0.1, -0.05) is 0 Å². The zero-order valence-corrected chi connectivity index (χ0v) is 9.39. The Morgan fingerprint density at radius 2 is 2.25 bits per heavy atom. The summed E-state index contributed by atoms with van der Waals surface area (Å²) in [5.41, 5.74) is 0.573. The lowest BCUT2D eigenvalue weighted by atomic mass is 10.2. The predicted octanol–water partition coefficient (Wildman–Crippen LogP) is 2.46. The molecule has 0 aliphatic rings. The summed E-state index contributed by atoms with van der Waals surface area (Å²) in [6.07, 6.45) is 0. The monoisotopic (exact) mass is 291 g/mol. The second-order valence-corrected chi connectivity index (χ2v) is 3.76. The molecule has 1 aromatic carbocycles. The molecule has 0 unspecified atom stereocenters. The molecule has 0 atom stereocenters. The highest BCUT2D eigenvalue weighted by Gasteiger charge is 2.04. The fourth-order valence-corrected chi connectivity index (χ4v) is 1.71. The van der Waals surface area contributed by atoms with Crippen LogP contribution in [0.4, 0.5) is 0 Å². The zero-order chi connectivity index (χ0) is 9.14. The molecule has 0 aliphatic heterocycles. The minimum Gasteiger partial charge on any atom is -0.496 e. The topological polar surface area (TPSA) is 33.0 Å². The molecule has 0 bridgehead atoms. The molecule has 0 heterocycles. The van der Waals surface area contributed by atoms with Gasteiger partial charge in [-0.3, -0.25) is 0 Å². The van der Waals surface area contributed by atoms with E-state index in [9.17, 15) is 0 Å². The second-order valence-electron chi connectivity index (χ2n) is 2.12. The number of methoxy groups -OCH3 is 1. The normalized spacial score (nSPS) is 9.17. The number of nitriles is 1. The number of benzene rings is 1. The Labute approximate surface area is 90.1 Å². The highest BCUT2D eigenvalue weighted by Crippen LogP contribution is 2.26. The Morgan fingerprint density at radius 1 is 1.58 bits per heavy atom. The van der Waals surface area contributed by atoms with Gasteiger partial charge in [-0.05, 0) is 34.7 Å². The quantitative estimate of drug-likeness (QED) is 0.637. The van der Waals surface area contributed by atoms with E-state index in [1.54, 1.807) is 19.2 Å². The Balaban J connectivity index is 3.28. The van der Waals surface area contributed by atoms with Crippen molar-refractivity contribution in [2.24, 2.45) is 0 Å². The molecule has 1 aromatic rings. The summed E-state index contributed by atoms with van der Waals surface area (Å²) in [5.74, 6) is 0.750. The van der Waals surface area contributed by atoms with Crippen molar-refractivity contribution in [2.75, 3.05) is 7.11 Å². The SMILES string of the molecule is COc1cc(S)c(C#N)cc1I. The van der Waals surface area contributed by atoms with Crippen molar-refractivity contribution in [1.82, 2.24) is 0 Å². The van der Waals surface area contributed by atoms with Gasteiger partial charge in [0.1, 0.15) is 11.8 Å². The summed E-state index contributed by atoms with van der Waals surface area (Å²) in [6, 6.07) is 5.54. The van der Waals surface area contributed by atoms with Crippen LogP contribution in [0.1, 0.15) is 5.56 Å². The molecule has 2 nitrogen and oxygen atoms in total. The molecule has 0 aromatic heterocycles. The molecule has 12 heavy (non-hydrogen) atoms. The lowest BCUT2D eigenvalue weighted by Crippen LogP contribution is -1.89. The Hall–Kier alpha value is -0.410. The first-order chi connectivity index (χ1) is 5.69. The van der Waals surface area contributed by atoms with E-state index in [2.05, 4.69) is 41.3 Å².